The maximum Gasteiger partial charge on any atom is 0.248 e. The molecule has 2 aromatic carbocycles. The first kappa shape index (κ1) is 18.2. The molecule has 0 aliphatic carbocycles. The number of nitrogens with zero attached hydrogens (tertiary/aromatic N) is 1. The Morgan fingerprint density at radius 1 is 1.08 bits per heavy atom. The summed E-state index contributed by atoms with van der Waals surface area (Å²) in [5.74, 6) is -1.50. The molecule has 0 radical (unpaired) electrons. The second kappa shape index (κ2) is 7.35. The maximum absolute atomic E-state index is 12.5. The van der Waals surface area contributed by atoms with Crippen LogP contribution >= 0.6 is 23.2 Å². The smallest absolute Gasteiger partial charge is 0.248 e. The number of nitrogens with one attached hydrogen (secondary N) is 1. The number of nitrogens with two attached hydrogens (primary N) is 1. The van der Waals surface area contributed by atoms with Gasteiger partial charge in [-0.05, 0) is 42.5 Å². The van der Waals surface area contributed by atoms with E-state index in [0.717, 1.165) is 0 Å². The number of halogens is 2. The predicted octanol–water partition coefficient (Wildman–Crippen LogP) is 3.08. The zero-order valence-electron chi connectivity index (χ0n) is 13.5. The van der Waals surface area contributed by atoms with Gasteiger partial charge in [-0.15, -0.1) is 0 Å². The standard InChI is InChI=1S/C18H15Cl2N3O3/c19-12-6-13(20)8-15(7-12)23-9-11(5-16(23)24)18(26)22-14-3-1-10(2-4-14)17(21)25/h1-4,6-8,11H,5,9H2,(H2,21,25)(H,22,26). The lowest BCUT2D eigenvalue weighted by Crippen LogP contribution is -2.28. The summed E-state index contributed by atoms with van der Waals surface area (Å²) >= 11 is 12.0. The van der Waals surface area contributed by atoms with Crippen LogP contribution in [-0.4, -0.2) is 24.3 Å². The molecule has 8 heteroatoms. The van der Waals surface area contributed by atoms with E-state index in [1.54, 1.807) is 30.3 Å². The highest BCUT2D eigenvalue weighted by Gasteiger charge is 2.35. The third-order valence-corrected chi connectivity index (χ3v) is 4.53. The van der Waals surface area contributed by atoms with Gasteiger partial charge in [0.05, 0.1) is 5.92 Å². The van der Waals surface area contributed by atoms with Crippen molar-refractivity contribution in [3.63, 3.8) is 0 Å². The van der Waals surface area contributed by atoms with E-state index >= 15 is 0 Å². The lowest BCUT2D eigenvalue weighted by atomic mass is 10.1. The average molecular weight is 392 g/mol. The van der Waals surface area contributed by atoms with E-state index in [1.807, 2.05) is 0 Å². The van der Waals surface area contributed by atoms with E-state index in [-0.39, 0.29) is 24.8 Å². The Hall–Kier alpha value is -2.57. The van der Waals surface area contributed by atoms with E-state index in [9.17, 15) is 14.4 Å². The molecule has 1 aliphatic heterocycles. The van der Waals surface area contributed by atoms with Gasteiger partial charge in [-0.1, -0.05) is 23.2 Å². The summed E-state index contributed by atoms with van der Waals surface area (Å²) in [4.78, 5) is 37.3. The summed E-state index contributed by atoms with van der Waals surface area (Å²) < 4.78 is 0. The van der Waals surface area contributed by atoms with Crippen molar-refractivity contribution in [2.45, 2.75) is 6.42 Å². The summed E-state index contributed by atoms with van der Waals surface area (Å²) in [7, 11) is 0. The van der Waals surface area contributed by atoms with Crippen molar-refractivity contribution in [3.05, 3.63) is 58.1 Å². The molecule has 2 aromatic rings. The minimum absolute atomic E-state index is 0.0926. The molecule has 1 aliphatic rings. The van der Waals surface area contributed by atoms with Crippen LogP contribution in [0.2, 0.25) is 10.0 Å². The normalized spacial score (nSPS) is 16.6. The number of benzene rings is 2. The number of rotatable bonds is 4. The van der Waals surface area contributed by atoms with Crippen molar-refractivity contribution in [1.29, 1.82) is 0 Å². The minimum Gasteiger partial charge on any atom is -0.366 e. The number of primary amides is 1. The monoisotopic (exact) mass is 391 g/mol. The Kier molecular flexibility index (Phi) is 5.15. The van der Waals surface area contributed by atoms with E-state index in [2.05, 4.69) is 5.32 Å². The highest BCUT2D eigenvalue weighted by molar-refractivity contribution is 6.35. The second-order valence-corrected chi connectivity index (χ2v) is 6.84. The van der Waals surface area contributed by atoms with E-state index in [0.29, 0.717) is 27.0 Å². The quantitative estimate of drug-likeness (QED) is 0.838. The third-order valence-electron chi connectivity index (χ3n) is 4.09. The lowest BCUT2D eigenvalue weighted by molar-refractivity contribution is -0.122. The van der Waals surface area contributed by atoms with E-state index < -0.39 is 11.8 Å². The van der Waals surface area contributed by atoms with Gasteiger partial charge in [0.1, 0.15) is 0 Å². The number of carbonyl (C=O) groups excluding carboxylic acids is 3. The summed E-state index contributed by atoms with van der Waals surface area (Å²) in [6.07, 6.45) is 0.0926. The molecule has 0 bridgehead atoms. The molecule has 1 heterocycles. The molecule has 1 atom stereocenters. The van der Waals surface area contributed by atoms with Crippen LogP contribution < -0.4 is 16.0 Å². The Labute approximate surface area is 159 Å². The molecule has 0 saturated carbocycles. The summed E-state index contributed by atoms with van der Waals surface area (Å²) in [5.41, 5.74) is 6.62. The van der Waals surface area contributed by atoms with Gasteiger partial charge in [-0.2, -0.15) is 0 Å². The van der Waals surface area contributed by atoms with Gasteiger partial charge < -0.3 is 16.0 Å². The van der Waals surface area contributed by atoms with Crippen LogP contribution in [0.5, 0.6) is 0 Å². The Bertz CT molecular complexity index is 864. The topological polar surface area (TPSA) is 92.5 Å². The number of anilines is 2. The van der Waals surface area contributed by atoms with Crippen molar-refractivity contribution in [3.8, 4) is 0 Å². The second-order valence-electron chi connectivity index (χ2n) is 5.96. The van der Waals surface area contributed by atoms with Crippen molar-refractivity contribution >= 4 is 52.3 Å². The van der Waals surface area contributed by atoms with Crippen molar-refractivity contribution in [2.75, 3.05) is 16.8 Å². The minimum atomic E-state index is -0.542. The van der Waals surface area contributed by atoms with Crippen LogP contribution in [0.25, 0.3) is 0 Å². The SMILES string of the molecule is NC(=O)c1ccc(NC(=O)C2CC(=O)N(c3cc(Cl)cc(Cl)c3)C2)cc1. The summed E-state index contributed by atoms with van der Waals surface area (Å²) in [6, 6.07) is 11.1. The van der Waals surface area contributed by atoms with Gasteiger partial charge in [-0.3, -0.25) is 14.4 Å². The highest BCUT2D eigenvalue weighted by atomic mass is 35.5. The number of hydrogen-bond donors (Lipinski definition) is 2. The maximum atomic E-state index is 12.5. The van der Waals surface area contributed by atoms with Gasteiger partial charge in [0.2, 0.25) is 17.7 Å². The van der Waals surface area contributed by atoms with Crippen LogP contribution in [0.15, 0.2) is 42.5 Å². The van der Waals surface area contributed by atoms with Crippen molar-refractivity contribution in [2.24, 2.45) is 11.7 Å². The zero-order chi connectivity index (χ0) is 18.8. The molecule has 0 spiro atoms. The predicted molar refractivity (Wildman–Crippen MR) is 101 cm³/mol. The fraction of sp³-hybridized carbons (Fsp3) is 0.167. The largest absolute Gasteiger partial charge is 0.366 e. The third kappa shape index (κ3) is 3.98. The molecule has 134 valence electrons. The highest BCUT2D eigenvalue weighted by Crippen LogP contribution is 2.30. The zero-order valence-corrected chi connectivity index (χ0v) is 15.1. The van der Waals surface area contributed by atoms with Crippen LogP contribution in [0.3, 0.4) is 0 Å². The van der Waals surface area contributed by atoms with Crippen LogP contribution in [0.1, 0.15) is 16.8 Å². The van der Waals surface area contributed by atoms with Gasteiger partial charge in [0.25, 0.3) is 0 Å². The lowest BCUT2D eigenvalue weighted by Gasteiger charge is -2.17. The molecule has 1 saturated heterocycles. The Morgan fingerprint density at radius 2 is 1.69 bits per heavy atom. The number of carbonyl (C=O) groups is 3. The first-order valence-corrected chi connectivity index (χ1v) is 8.56. The van der Waals surface area contributed by atoms with Gasteiger partial charge in [0.15, 0.2) is 0 Å². The number of amides is 3. The van der Waals surface area contributed by atoms with Gasteiger partial charge >= 0.3 is 0 Å². The van der Waals surface area contributed by atoms with Crippen LogP contribution in [0, 0.1) is 5.92 Å². The molecule has 3 amide bonds. The Balaban J connectivity index is 1.69. The van der Waals surface area contributed by atoms with Crippen LogP contribution in [-0.2, 0) is 9.59 Å². The fourth-order valence-corrected chi connectivity index (χ4v) is 3.30. The van der Waals surface area contributed by atoms with E-state index in [4.69, 9.17) is 28.9 Å². The molecule has 1 unspecified atom stereocenters. The number of hydrogen-bond acceptors (Lipinski definition) is 3. The average Bonchev–Trinajstić information content (AvgIpc) is 2.96. The molecule has 3 rings (SSSR count). The summed E-state index contributed by atoms with van der Waals surface area (Å²) in [5, 5.41) is 3.58. The molecular formula is C18H15Cl2N3O3. The Morgan fingerprint density at radius 3 is 2.27 bits per heavy atom. The van der Waals surface area contributed by atoms with Crippen molar-refractivity contribution < 1.29 is 14.4 Å². The molecule has 26 heavy (non-hydrogen) atoms. The van der Waals surface area contributed by atoms with Gasteiger partial charge in [0, 0.05) is 39.9 Å². The molecular weight excluding hydrogens is 377 g/mol. The first-order chi connectivity index (χ1) is 12.3. The molecule has 0 aromatic heterocycles. The first-order valence-electron chi connectivity index (χ1n) is 7.80. The molecule has 1 fully saturated rings. The molecule has 3 N–H and O–H groups in total. The van der Waals surface area contributed by atoms with Crippen molar-refractivity contribution in [1.82, 2.24) is 0 Å². The van der Waals surface area contributed by atoms with Gasteiger partial charge in [-0.25, -0.2) is 0 Å². The fourth-order valence-electron chi connectivity index (χ4n) is 2.79. The van der Waals surface area contributed by atoms with E-state index in [1.165, 1.54) is 17.0 Å². The molecule has 6 nitrogen and oxygen atoms in total. The summed E-state index contributed by atoms with van der Waals surface area (Å²) in [6.45, 7) is 0.237. The van der Waals surface area contributed by atoms with Crippen LogP contribution in [0.4, 0.5) is 11.4 Å².